The van der Waals surface area contributed by atoms with Crippen molar-refractivity contribution in [1.29, 1.82) is 0 Å². The molecule has 0 aromatic heterocycles. The quantitative estimate of drug-likeness (QED) is 0.662. The van der Waals surface area contributed by atoms with Crippen LogP contribution in [0.5, 0.6) is 0 Å². The Morgan fingerprint density at radius 3 is 2.13 bits per heavy atom. The van der Waals surface area contributed by atoms with Crippen molar-refractivity contribution in [1.82, 2.24) is 5.32 Å². The van der Waals surface area contributed by atoms with Gasteiger partial charge in [-0.1, -0.05) is 6.42 Å². The Labute approximate surface area is 85.7 Å². The molecule has 0 amide bonds. The molecule has 3 aliphatic rings. The van der Waals surface area contributed by atoms with E-state index < -0.39 is 12.1 Å². The van der Waals surface area contributed by atoms with Gasteiger partial charge in [0, 0.05) is 11.6 Å². The Bertz CT molecular complexity index is 241. The van der Waals surface area contributed by atoms with Crippen LogP contribution in [0.1, 0.15) is 32.6 Å². The first-order chi connectivity index (χ1) is 6.73. The molecule has 2 atom stereocenters. The van der Waals surface area contributed by atoms with E-state index in [4.69, 9.17) is 9.90 Å². The fourth-order valence-electron chi connectivity index (χ4n) is 2.10. The third-order valence-corrected chi connectivity index (χ3v) is 2.77. The number of rotatable bonds is 0. The van der Waals surface area contributed by atoms with E-state index in [9.17, 15) is 13.2 Å². The average Bonchev–Trinajstić information content (AvgIpc) is 2.01. The summed E-state index contributed by atoms with van der Waals surface area (Å²) in [6, 6.07) is 0.897. The van der Waals surface area contributed by atoms with Crippen molar-refractivity contribution >= 4 is 5.97 Å². The van der Waals surface area contributed by atoms with Gasteiger partial charge in [-0.2, -0.15) is 13.2 Å². The van der Waals surface area contributed by atoms with Crippen LogP contribution in [-0.2, 0) is 4.79 Å². The van der Waals surface area contributed by atoms with E-state index in [0.29, 0.717) is 5.54 Å². The van der Waals surface area contributed by atoms with Crippen molar-refractivity contribution in [2.45, 2.75) is 50.4 Å². The number of carboxylic acid groups (broad SMARTS) is 1. The molecule has 15 heavy (non-hydrogen) atoms. The predicted molar refractivity (Wildman–Crippen MR) is 47.5 cm³/mol. The molecule has 3 rings (SSSR count). The standard InChI is InChI=1S/C7H13N.C2HF3O2/c1-7-4-2-3-6(5-7)8-7;3-2(4,5)1(6)7/h6,8H,2-5H2,1H3;(H,6,7). The highest BCUT2D eigenvalue weighted by molar-refractivity contribution is 5.73. The van der Waals surface area contributed by atoms with E-state index >= 15 is 0 Å². The second-order valence-electron chi connectivity index (χ2n) is 4.30. The molecule has 2 bridgehead atoms. The number of fused-ring (bicyclic) bond motifs is 2. The highest BCUT2D eigenvalue weighted by Gasteiger charge is 2.42. The maximum absolute atomic E-state index is 10.6. The molecular weight excluding hydrogens is 211 g/mol. The van der Waals surface area contributed by atoms with Gasteiger partial charge >= 0.3 is 12.1 Å². The molecule has 2 heterocycles. The van der Waals surface area contributed by atoms with Crippen LogP contribution in [0.15, 0.2) is 0 Å². The second-order valence-corrected chi connectivity index (χ2v) is 4.30. The van der Waals surface area contributed by atoms with Crippen LogP contribution in [0.25, 0.3) is 0 Å². The number of alkyl halides is 3. The van der Waals surface area contributed by atoms with Crippen LogP contribution in [0.4, 0.5) is 13.2 Å². The number of carboxylic acids is 1. The summed E-state index contributed by atoms with van der Waals surface area (Å²) >= 11 is 0. The molecule has 2 unspecified atom stereocenters. The number of carbonyl (C=O) groups is 1. The Morgan fingerprint density at radius 2 is 2.00 bits per heavy atom. The van der Waals surface area contributed by atoms with Gasteiger partial charge in [0.1, 0.15) is 0 Å². The number of aliphatic carboxylic acids is 1. The summed E-state index contributed by atoms with van der Waals surface area (Å²) in [6.45, 7) is 2.34. The van der Waals surface area contributed by atoms with Crippen LogP contribution < -0.4 is 5.32 Å². The van der Waals surface area contributed by atoms with Gasteiger partial charge in [0.2, 0.25) is 0 Å². The molecule has 2 saturated heterocycles. The molecule has 1 aliphatic carbocycles. The smallest absolute Gasteiger partial charge is 0.475 e. The van der Waals surface area contributed by atoms with Crippen LogP contribution in [0, 0.1) is 0 Å². The van der Waals surface area contributed by atoms with Crippen molar-refractivity contribution in [3.63, 3.8) is 0 Å². The van der Waals surface area contributed by atoms with Gasteiger partial charge in [0.05, 0.1) is 0 Å². The normalized spacial score (nSPS) is 33.5. The molecule has 88 valence electrons. The van der Waals surface area contributed by atoms with Gasteiger partial charge < -0.3 is 10.4 Å². The van der Waals surface area contributed by atoms with E-state index in [1.807, 2.05) is 0 Å². The topological polar surface area (TPSA) is 49.3 Å². The van der Waals surface area contributed by atoms with Gasteiger partial charge in [-0.05, 0) is 26.2 Å². The highest BCUT2D eigenvalue weighted by Crippen LogP contribution is 2.37. The molecule has 6 heteroatoms. The fraction of sp³-hybridized carbons (Fsp3) is 0.889. The van der Waals surface area contributed by atoms with E-state index in [0.717, 1.165) is 6.04 Å². The predicted octanol–water partition coefficient (Wildman–Crippen LogP) is 1.92. The molecule has 0 radical (unpaired) electrons. The van der Waals surface area contributed by atoms with E-state index in [1.165, 1.54) is 25.7 Å². The molecule has 2 aliphatic heterocycles. The van der Waals surface area contributed by atoms with Gasteiger partial charge in [0.25, 0.3) is 0 Å². The number of hydrogen-bond donors (Lipinski definition) is 2. The first kappa shape index (κ1) is 12.3. The van der Waals surface area contributed by atoms with Crippen LogP contribution in [0.3, 0.4) is 0 Å². The number of halogens is 3. The molecule has 3 fully saturated rings. The fourth-order valence-corrected chi connectivity index (χ4v) is 2.10. The van der Waals surface area contributed by atoms with Crippen molar-refractivity contribution < 1.29 is 23.1 Å². The van der Waals surface area contributed by atoms with Crippen LogP contribution in [-0.4, -0.2) is 28.8 Å². The summed E-state index contributed by atoms with van der Waals surface area (Å²) in [5.74, 6) is -2.76. The van der Waals surface area contributed by atoms with Crippen LogP contribution >= 0.6 is 0 Å². The summed E-state index contributed by atoms with van der Waals surface area (Å²) in [5.41, 5.74) is 0.572. The zero-order valence-corrected chi connectivity index (χ0v) is 8.40. The third-order valence-electron chi connectivity index (χ3n) is 2.77. The summed E-state index contributed by atoms with van der Waals surface area (Å²) in [5, 5.41) is 10.7. The number of nitrogens with one attached hydrogen (secondary N) is 1. The first-order valence-corrected chi connectivity index (χ1v) is 4.81. The Kier molecular flexibility index (Phi) is 3.28. The minimum Gasteiger partial charge on any atom is -0.475 e. The lowest BCUT2D eigenvalue weighted by Gasteiger charge is -2.51. The lowest BCUT2D eigenvalue weighted by Crippen LogP contribution is -2.64. The van der Waals surface area contributed by atoms with Crippen molar-refractivity contribution in [3.8, 4) is 0 Å². The molecule has 1 saturated carbocycles. The highest BCUT2D eigenvalue weighted by atomic mass is 19.4. The number of piperidine rings is 1. The van der Waals surface area contributed by atoms with Crippen molar-refractivity contribution in [2.75, 3.05) is 0 Å². The van der Waals surface area contributed by atoms with Gasteiger partial charge in [-0.3, -0.25) is 0 Å². The van der Waals surface area contributed by atoms with Gasteiger partial charge in [0.15, 0.2) is 0 Å². The molecule has 0 spiro atoms. The monoisotopic (exact) mass is 225 g/mol. The van der Waals surface area contributed by atoms with Gasteiger partial charge in [-0.25, -0.2) is 4.79 Å². The van der Waals surface area contributed by atoms with Crippen molar-refractivity contribution in [3.05, 3.63) is 0 Å². The maximum atomic E-state index is 10.6. The van der Waals surface area contributed by atoms with Crippen molar-refractivity contribution in [2.24, 2.45) is 0 Å². The molecular formula is C9H14F3NO2. The third kappa shape index (κ3) is 3.37. The molecule has 3 nitrogen and oxygen atoms in total. The SMILES string of the molecule is CC12CCCC(C1)N2.O=C(O)C(F)(F)F. The lowest BCUT2D eigenvalue weighted by atomic mass is 9.72. The summed E-state index contributed by atoms with van der Waals surface area (Å²) < 4.78 is 31.7. The summed E-state index contributed by atoms with van der Waals surface area (Å²) in [7, 11) is 0. The summed E-state index contributed by atoms with van der Waals surface area (Å²) in [6.07, 6.45) is 0.639. The van der Waals surface area contributed by atoms with E-state index in [2.05, 4.69) is 12.2 Å². The minimum atomic E-state index is -5.08. The van der Waals surface area contributed by atoms with Gasteiger partial charge in [-0.15, -0.1) is 0 Å². The largest absolute Gasteiger partial charge is 0.490 e. The number of hydrogen-bond acceptors (Lipinski definition) is 2. The molecule has 2 N–H and O–H groups in total. The lowest BCUT2D eigenvalue weighted by molar-refractivity contribution is -0.192. The first-order valence-electron chi connectivity index (χ1n) is 4.81. The minimum absolute atomic E-state index is 0.572. The van der Waals surface area contributed by atoms with E-state index in [1.54, 1.807) is 0 Å². The van der Waals surface area contributed by atoms with Crippen LogP contribution in [0.2, 0.25) is 0 Å². The second kappa shape index (κ2) is 4.00. The maximum Gasteiger partial charge on any atom is 0.490 e. The Morgan fingerprint density at radius 1 is 1.53 bits per heavy atom. The Hall–Kier alpha value is -0.780. The summed E-state index contributed by atoms with van der Waals surface area (Å²) in [4.78, 5) is 8.90. The zero-order valence-electron chi connectivity index (χ0n) is 8.40. The zero-order chi connectivity index (χ0) is 11.7. The van der Waals surface area contributed by atoms with E-state index in [-0.39, 0.29) is 0 Å². The molecule has 0 aromatic rings. The Balaban J connectivity index is 0.000000153. The molecule has 0 aromatic carbocycles. The average molecular weight is 225 g/mol.